The van der Waals surface area contributed by atoms with E-state index in [0.717, 1.165) is 28.2 Å². The number of fused-ring (bicyclic) bond motifs is 1. The maximum Gasteiger partial charge on any atom is 0.292 e. The third kappa shape index (κ3) is 4.86. The summed E-state index contributed by atoms with van der Waals surface area (Å²) in [5.74, 6) is 1.45. The average Bonchev–Trinajstić information content (AvgIpc) is 3.62. The summed E-state index contributed by atoms with van der Waals surface area (Å²) in [6, 6.07) is 25.5. The SMILES string of the molecule is COc1ccc(C(OC[C@H]2O[C@@H](n3cnc4c(=O)[nH]ncc43)C[C@H]2O)(c2ccccc2)c2ccc(OC)cc2)cc1. The number of aliphatic hydroxyl groups is 1. The second kappa shape index (κ2) is 11.2. The van der Waals surface area contributed by atoms with Crippen LogP contribution in [-0.2, 0) is 15.1 Å². The van der Waals surface area contributed by atoms with Gasteiger partial charge in [0.05, 0.1) is 45.0 Å². The summed E-state index contributed by atoms with van der Waals surface area (Å²) in [6.45, 7) is 0.0794. The molecule has 2 N–H and O–H groups in total. The standard InChI is InChI=1S/C31H30N4O6/c1-38-23-12-8-21(9-13-23)31(20-6-4-3-5-7-20,22-10-14-24(39-2)15-11-22)40-18-27-26(36)16-28(41-27)35-19-32-29-25(35)17-33-34-30(29)37/h3-15,17,19,26-28,36H,16,18H2,1-2H3,(H,34,37)/t26-,27-,28-/m1/s1. The van der Waals surface area contributed by atoms with Gasteiger partial charge in [-0.2, -0.15) is 5.10 Å². The molecule has 0 amide bonds. The Balaban J connectivity index is 1.37. The molecule has 0 aliphatic carbocycles. The zero-order valence-corrected chi connectivity index (χ0v) is 22.6. The quantitative estimate of drug-likeness (QED) is 0.264. The van der Waals surface area contributed by atoms with Gasteiger partial charge in [0, 0.05) is 6.42 Å². The van der Waals surface area contributed by atoms with E-state index < -0.39 is 24.0 Å². The lowest BCUT2D eigenvalue weighted by Gasteiger charge is -2.37. The van der Waals surface area contributed by atoms with E-state index in [1.807, 2.05) is 78.9 Å². The van der Waals surface area contributed by atoms with E-state index >= 15 is 0 Å². The first-order valence-corrected chi connectivity index (χ1v) is 13.3. The number of rotatable bonds is 9. The molecule has 10 nitrogen and oxygen atoms in total. The summed E-state index contributed by atoms with van der Waals surface area (Å²) in [6.07, 6.45) is 1.36. The van der Waals surface area contributed by atoms with E-state index in [1.165, 1.54) is 12.5 Å². The highest BCUT2D eigenvalue weighted by Crippen LogP contribution is 2.43. The molecular weight excluding hydrogens is 524 g/mol. The summed E-state index contributed by atoms with van der Waals surface area (Å²) >= 11 is 0. The van der Waals surface area contributed by atoms with Gasteiger partial charge in [0.25, 0.3) is 5.56 Å². The molecule has 0 spiro atoms. The maximum atomic E-state index is 12.1. The van der Waals surface area contributed by atoms with Crippen LogP contribution in [0.25, 0.3) is 11.0 Å². The van der Waals surface area contributed by atoms with Crippen molar-refractivity contribution in [2.45, 2.75) is 30.5 Å². The molecule has 210 valence electrons. The van der Waals surface area contributed by atoms with Crippen molar-refractivity contribution in [3.8, 4) is 11.5 Å². The molecule has 1 aliphatic rings. The summed E-state index contributed by atoms with van der Waals surface area (Å²) in [7, 11) is 3.26. The Hall–Kier alpha value is -4.51. The smallest absolute Gasteiger partial charge is 0.292 e. The van der Waals surface area contributed by atoms with E-state index in [0.29, 0.717) is 11.9 Å². The van der Waals surface area contributed by atoms with Crippen LogP contribution in [0.1, 0.15) is 29.3 Å². The van der Waals surface area contributed by atoms with Gasteiger partial charge < -0.3 is 28.6 Å². The fraction of sp³-hybridized carbons (Fsp3) is 0.258. The van der Waals surface area contributed by atoms with Gasteiger partial charge in [0.1, 0.15) is 29.4 Å². The van der Waals surface area contributed by atoms with Gasteiger partial charge in [-0.05, 0) is 41.0 Å². The van der Waals surface area contributed by atoms with Crippen LogP contribution < -0.4 is 15.0 Å². The fourth-order valence-electron chi connectivity index (χ4n) is 5.43. The summed E-state index contributed by atoms with van der Waals surface area (Å²) < 4.78 is 25.8. The largest absolute Gasteiger partial charge is 0.497 e. The Morgan fingerprint density at radius 2 is 1.56 bits per heavy atom. The fourth-order valence-corrected chi connectivity index (χ4v) is 5.43. The molecule has 0 saturated carbocycles. The number of hydrogen-bond acceptors (Lipinski definition) is 8. The van der Waals surface area contributed by atoms with Crippen molar-refractivity contribution >= 4 is 11.0 Å². The van der Waals surface area contributed by atoms with Crippen LogP contribution in [0.3, 0.4) is 0 Å². The molecule has 41 heavy (non-hydrogen) atoms. The Kier molecular flexibility index (Phi) is 7.27. The monoisotopic (exact) mass is 554 g/mol. The topological polar surface area (TPSA) is 121 Å². The summed E-state index contributed by atoms with van der Waals surface area (Å²) in [4.78, 5) is 16.3. The predicted octanol–water partition coefficient (Wildman–Crippen LogP) is 3.79. The van der Waals surface area contributed by atoms with Crippen LogP contribution in [0.5, 0.6) is 11.5 Å². The van der Waals surface area contributed by atoms with Crippen molar-refractivity contribution in [2.24, 2.45) is 0 Å². The normalized spacial score (nSPS) is 19.0. The molecule has 1 fully saturated rings. The number of H-pyrrole nitrogens is 1. The Bertz CT molecular complexity index is 1620. The van der Waals surface area contributed by atoms with Crippen LogP contribution >= 0.6 is 0 Å². The molecular formula is C31H30N4O6. The predicted molar refractivity (Wildman–Crippen MR) is 151 cm³/mol. The molecule has 3 atom stereocenters. The van der Waals surface area contributed by atoms with Gasteiger partial charge in [-0.3, -0.25) is 4.79 Å². The number of aromatic nitrogens is 4. The molecule has 10 heteroatoms. The molecule has 6 rings (SSSR count). The Morgan fingerprint density at radius 3 is 2.17 bits per heavy atom. The minimum atomic E-state index is -1.04. The van der Waals surface area contributed by atoms with Crippen LogP contribution in [0.4, 0.5) is 0 Å². The first kappa shape index (κ1) is 26.7. The zero-order valence-electron chi connectivity index (χ0n) is 22.6. The average molecular weight is 555 g/mol. The zero-order chi connectivity index (χ0) is 28.4. The molecule has 5 aromatic rings. The maximum absolute atomic E-state index is 12.1. The van der Waals surface area contributed by atoms with E-state index in [9.17, 15) is 9.90 Å². The van der Waals surface area contributed by atoms with Crippen LogP contribution in [0.15, 0.2) is 96.2 Å². The molecule has 3 heterocycles. The van der Waals surface area contributed by atoms with Gasteiger partial charge in [-0.15, -0.1) is 0 Å². The minimum absolute atomic E-state index is 0.0794. The Morgan fingerprint density at radius 1 is 0.951 bits per heavy atom. The van der Waals surface area contributed by atoms with Gasteiger partial charge in [0.2, 0.25) is 0 Å². The first-order chi connectivity index (χ1) is 20.0. The molecule has 1 saturated heterocycles. The van der Waals surface area contributed by atoms with Crippen molar-refractivity contribution in [3.63, 3.8) is 0 Å². The third-order valence-corrected chi connectivity index (χ3v) is 7.55. The molecule has 2 aromatic heterocycles. The number of methoxy groups -OCH3 is 2. The van der Waals surface area contributed by atoms with Crippen LogP contribution in [0, 0.1) is 0 Å². The Labute approximate surface area is 236 Å². The number of nitrogens with zero attached hydrogens (tertiary/aromatic N) is 3. The van der Waals surface area contributed by atoms with E-state index in [1.54, 1.807) is 18.8 Å². The second-order valence-electron chi connectivity index (χ2n) is 9.83. The highest BCUT2D eigenvalue weighted by atomic mass is 16.6. The lowest BCUT2D eigenvalue weighted by Crippen LogP contribution is -2.38. The summed E-state index contributed by atoms with van der Waals surface area (Å²) in [5.41, 5.74) is 2.04. The van der Waals surface area contributed by atoms with Gasteiger partial charge in [-0.1, -0.05) is 54.6 Å². The van der Waals surface area contributed by atoms with Gasteiger partial charge >= 0.3 is 0 Å². The minimum Gasteiger partial charge on any atom is -0.497 e. The highest BCUT2D eigenvalue weighted by Gasteiger charge is 2.42. The number of hydrogen-bond donors (Lipinski definition) is 2. The number of ether oxygens (including phenoxy) is 4. The molecule has 0 unspecified atom stereocenters. The molecule has 1 aliphatic heterocycles. The number of nitrogens with one attached hydrogen (secondary N) is 1. The van der Waals surface area contributed by atoms with Crippen LogP contribution in [-0.4, -0.2) is 57.9 Å². The van der Waals surface area contributed by atoms with E-state index in [-0.39, 0.29) is 17.7 Å². The number of aliphatic hydroxyl groups excluding tert-OH is 1. The van der Waals surface area contributed by atoms with Gasteiger partial charge in [0.15, 0.2) is 5.52 Å². The van der Waals surface area contributed by atoms with E-state index in [2.05, 4.69) is 15.2 Å². The van der Waals surface area contributed by atoms with Crippen LogP contribution in [0.2, 0.25) is 0 Å². The number of aromatic amines is 1. The van der Waals surface area contributed by atoms with Crippen molar-refractivity contribution in [1.82, 2.24) is 19.7 Å². The summed E-state index contributed by atoms with van der Waals surface area (Å²) in [5, 5.41) is 17.4. The number of imidazole rings is 1. The van der Waals surface area contributed by atoms with Crippen molar-refractivity contribution in [3.05, 3.63) is 118 Å². The second-order valence-corrected chi connectivity index (χ2v) is 9.83. The first-order valence-electron chi connectivity index (χ1n) is 13.3. The van der Waals surface area contributed by atoms with Crippen molar-refractivity contribution in [1.29, 1.82) is 0 Å². The van der Waals surface area contributed by atoms with E-state index in [4.69, 9.17) is 18.9 Å². The number of benzene rings is 3. The lowest BCUT2D eigenvalue weighted by molar-refractivity contribution is -0.0930. The molecule has 0 bridgehead atoms. The third-order valence-electron chi connectivity index (χ3n) is 7.55. The molecule has 0 radical (unpaired) electrons. The van der Waals surface area contributed by atoms with Crippen molar-refractivity contribution in [2.75, 3.05) is 20.8 Å². The van der Waals surface area contributed by atoms with Crippen molar-refractivity contribution < 1.29 is 24.1 Å². The highest BCUT2D eigenvalue weighted by molar-refractivity contribution is 5.72. The van der Waals surface area contributed by atoms with Gasteiger partial charge in [-0.25, -0.2) is 10.1 Å². The molecule has 3 aromatic carbocycles. The lowest BCUT2D eigenvalue weighted by atomic mass is 9.80.